The predicted molar refractivity (Wildman–Crippen MR) is 105 cm³/mol. The van der Waals surface area contributed by atoms with Crippen LogP contribution in [0.3, 0.4) is 0 Å². The molecule has 0 aliphatic heterocycles. The molecule has 1 N–H and O–H groups in total. The number of thiazole rings is 1. The molecule has 27 heavy (non-hydrogen) atoms. The number of carbonyl (C=O) groups is 1. The number of sulfone groups is 1. The summed E-state index contributed by atoms with van der Waals surface area (Å²) < 4.78 is 28.0. The van der Waals surface area contributed by atoms with Crippen molar-refractivity contribution in [2.24, 2.45) is 0 Å². The van der Waals surface area contributed by atoms with E-state index < -0.39 is 15.7 Å². The number of hydrogen-bond donors (Lipinski definition) is 1. The van der Waals surface area contributed by atoms with Crippen molar-refractivity contribution in [2.45, 2.75) is 5.09 Å². The van der Waals surface area contributed by atoms with Gasteiger partial charge in [0.15, 0.2) is 10.9 Å². The lowest BCUT2D eigenvalue weighted by molar-refractivity contribution is 0.0991. The van der Waals surface area contributed by atoms with E-state index in [0.29, 0.717) is 5.13 Å². The summed E-state index contributed by atoms with van der Waals surface area (Å²) >= 11 is 1.29. The molecule has 0 saturated heterocycles. The summed E-state index contributed by atoms with van der Waals surface area (Å²) in [6.07, 6.45) is 1.02. The van der Waals surface area contributed by atoms with Gasteiger partial charge in [0.2, 0.25) is 14.9 Å². The van der Waals surface area contributed by atoms with Gasteiger partial charge in [-0.05, 0) is 22.9 Å². The van der Waals surface area contributed by atoms with E-state index in [2.05, 4.69) is 10.3 Å². The maximum absolute atomic E-state index is 12.3. The highest BCUT2D eigenvalue weighted by Gasteiger charge is 2.18. The number of furan rings is 1. The fraction of sp³-hybridized carbons (Fsp3) is 0.0526. The first-order valence-corrected chi connectivity index (χ1v) is 10.7. The third-order valence-corrected chi connectivity index (χ3v) is 5.67. The van der Waals surface area contributed by atoms with Crippen LogP contribution in [0.2, 0.25) is 0 Å². The first kappa shape index (κ1) is 17.4. The van der Waals surface area contributed by atoms with Gasteiger partial charge in [-0.15, -0.1) is 11.3 Å². The van der Waals surface area contributed by atoms with Crippen molar-refractivity contribution in [3.8, 4) is 11.3 Å². The molecule has 0 radical (unpaired) electrons. The molecule has 8 heteroatoms. The van der Waals surface area contributed by atoms with E-state index in [1.807, 2.05) is 47.8 Å². The maximum atomic E-state index is 12.3. The van der Waals surface area contributed by atoms with Crippen LogP contribution in [0.5, 0.6) is 0 Å². The van der Waals surface area contributed by atoms with Crippen molar-refractivity contribution in [3.63, 3.8) is 0 Å². The second-order valence-corrected chi connectivity index (χ2v) is 8.71. The van der Waals surface area contributed by atoms with Crippen molar-refractivity contribution in [1.82, 2.24) is 4.98 Å². The van der Waals surface area contributed by atoms with Gasteiger partial charge >= 0.3 is 0 Å². The Bertz CT molecular complexity index is 1250. The molecule has 0 unspecified atom stereocenters. The topological polar surface area (TPSA) is 89.3 Å². The van der Waals surface area contributed by atoms with Crippen LogP contribution in [0, 0.1) is 0 Å². The number of aromatic nitrogens is 1. The number of nitrogens with zero attached hydrogens (tertiary/aromatic N) is 1. The van der Waals surface area contributed by atoms with Crippen molar-refractivity contribution in [3.05, 3.63) is 65.7 Å². The highest BCUT2D eigenvalue weighted by Crippen LogP contribution is 2.31. The molecule has 4 rings (SSSR count). The number of fused-ring (bicyclic) bond motifs is 1. The first-order chi connectivity index (χ1) is 12.9. The molecule has 6 nitrogen and oxygen atoms in total. The summed E-state index contributed by atoms with van der Waals surface area (Å²) in [4.78, 5) is 16.8. The minimum atomic E-state index is -3.50. The van der Waals surface area contributed by atoms with Crippen molar-refractivity contribution < 1.29 is 17.6 Å². The largest absolute Gasteiger partial charge is 0.440 e. The molecule has 1 amide bonds. The molecule has 2 aromatic carbocycles. The minimum Gasteiger partial charge on any atom is -0.440 e. The van der Waals surface area contributed by atoms with Gasteiger partial charge in [0.05, 0.1) is 5.69 Å². The van der Waals surface area contributed by atoms with Gasteiger partial charge in [0.1, 0.15) is 0 Å². The van der Waals surface area contributed by atoms with Crippen LogP contribution in [0.25, 0.3) is 22.0 Å². The third-order valence-electron chi connectivity index (χ3n) is 3.96. The number of rotatable bonds is 4. The van der Waals surface area contributed by atoms with Gasteiger partial charge in [-0.25, -0.2) is 13.4 Å². The molecule has 2 aromatic heterocycles. The normalized spacial score (nSPS) is 11.6. The molecule has 0 bridgehead atoms. The number of amides is 1. The Kier molecular flexibility index (Phi) is 4.29. The fourth-order valence-corrected chi connectivity index (χ4v) is 3.97. The van der Waals surface area contributed by atoms with E-state index in [1.54, 1.807) is 0 Å². The molecule has 2 heterocycles. The average Bonchev–Trinajstić information content (AvgIpc) is 3.30. The Balaban J connectivity index is 1.59. The van der Waals surface area contributed by atoms with E-state index in [9.17, 15) is 13.2 Å². The molecule has 0 atom stereocenters. The summed E-state index contributed by atoms with van der Waals surface area (Å²) in [5, 5.41) is 6.84. The van der Waals surface area contributed by atoms with Gasteiger partial charge in [0.25, 0.3) is 5.91 Å². The monoisotopic (exact) mass is 398 g/mol. The molecule has 0 aliphatic rings. The molecule has 0 spiro atoms. The first-order valence-electron chi connectivity index (χ1n) is 7.97. The minimum absolute atomic E-state index is 0.0858. The number of carbonyl (C=O) groups excluding carboxylic acids is 1. The Labute approximate surface area is 159 Å². The SMILES string of the molecule is CS(=O)(=O)c1ccc(C(=O)Nc2nc(-c3cccc4ccccc34)cs2)o1. The maximum Gasteiger partial charge on any atom is 0.293 e. The van der Waals surface area contributed by atoms with Crippen molar-refractivity contribution in [1.29, 1.82) is 0 Å². The standard InChI is InChI=1S/C19H14N2O4S2/c1-27(23,24)17-10-9-16(25-17)18(22)21-19-20-15(11-26-19)14-8-4-6-12-5-2-3-7-13(12)14/h2-11H,1H3,(H,20,21,22). The summed E-state index contributed by atoms with van der Waals surface area (Å²) in [6.45, 7) is 0. The van der Waals surface area contributed by atoms with Crippen molar-refractivity contribution >= 4 is 43.0 Å². The number of nitrogens with one attached hydrogen (secondary N) is 1. The average molecular weight is 398 g/mol. The summed E-state index contributed by atoms with van der Waals surface area (Å²) in [5.74, 6) is -0.638. The van der Waals surface area contributed by atoms with Gasteiger partial charge in [0, 0.05) is 17.2 Å². The molecule has 0 saturated carbocycles. The lowest BCUT2D eigenvalue weighted by Gasteiger charge is -2.03. The van der Waals surface area contributed by atoms with Crippen LogP contribution in [0.1, 0.15) is 10.6 Å². The Morgan fingerprint density at radius 2 is 1.85 bits per heavy atom. The van der Waals surface area contributed by atoms with Gasteiger partial charge in [-0.3, -0.25) is 10.1 Å². The van der Waals surface area contributed by atoms with Crippen LogP contribution in [0.15, 0.2) is 69.5 Å². The van der Waals surface area contributed by atoms with Gasteiger partial charge in [-0.1, -0.05) is 42.5 Å². The third kappa shape index (κ3) is 3.49. The van der Waals surface area contributed by atoms with Crippen LogP contribution >= 0.6 is 11.3 Å². The fourth-order valence-electron chi connectivity index (χ4n) is 2.70. The number of anilines is 1. The second kappa shape index (κ2) is 6.64. The molecule has 4 aromatic rings. The summed E-state index contributed by atoms with van der Waals surface area (Å²) in [6, 6.07) is 16.6. The Morgan fingerprint density at radius 1 is 1.07 bits per heavy atom. The smallest absolute Gasteiger partial charge is 0.293 e. The van der Waals surface area contributed by atoms with Gasteiger partial charge in [-0.2, -0.15) is 0 Å². The molecule has 0 aliphatic carbocycles. The summed E-state index contributed by atoms with van der Waals surface area (Å²) in [7, 11) is -3.50. The van der Waals surface area contributed by atoms with Crippen LogP contribution in [-0.2, 0) is 9.84 Å². The lowest BCUT2D eigenvalue weighted by atomic mass is 10.0. The van der Waals surface area contributed by atoms with E-state index >= 15 is 0 Å². The molecular weight excluding hydrogens is 384 g/mol. The van der Waals surface area contributed by atoms with Crippen molar-refractivity contribution in [2.75, 3.05) is 11.6 Å². The highest BCUT2D eigenvalue weighted by molar-refractivity contribution is 7.90. The summed E-state index contributed by atoms with van der Waals surface area (Å²) in [5.41, 5.74) is 1.73. The highest BCUT2D eigenvalue weighted by atomic mass is 32.2. The van der Waals surface area contributed by atoms with Crippen LogP contribution < -0.4 is 5.32 Å². The molecule has 0 fully saturated rings. The zero-order valence-corrected chi connectivity index (χ0v) is 15.8. The molecular formula is C19H14N2O4S2. The Morgan fingerprint density at radius 3 is 2.63 bits per heavy atom. The second-order valence-electron chi connectivity index (χ2n) is 5.91. The zero-order valence-electron chi connectivity index (χ0n) is 14.2. The Hall–Kier alpha value is -2.97. The van der Waals surface area contributed by atoms with E-state index in [0.717, 1.165) is 28.3 Å². The number of benzene rings is 2. The van der Waals surface area contributed by atoms with Gasteiger partial charge < -0.3 is 4.42 Å². The lowest BCUT2D eigenvalue weighted by Crippen LogP contribution is -2.10. The van der Waals surface area contributed by atoms with Crippen LogP contribution in [0.4, 0.5) is 5.13 Å². The predicted octanol–water partition coefficient (Wildman–Crippen LogP) is 4.21. The van der Waals surface area contributed by atoms with E-state index in [1.165, 1.54) is 23.5 Å². The number of hydrogen-bond acceptors (Lipinski definition) is 6. The van der Waals surface area contributed by atoms with E-state index in [-0.39, 0.29) is 10.9 Å². The molecule has 136 valence electrons. The van der Waals surface area contributed by atoms with Crippen LogP contribution in [-0.4, -0.2) is 25.6 Å². The zero-order chi connectivity index (χ0) is 19.0. The quantitative estimate of drug-likeness (QED) is 0.556. The van der Waals surface area contributed by atoms with E-state index in [4.69, 9.17) is 4.42 Å².